The molecule has 1 aromatic carbocycles. The largest absolute Gasteiger partial charge is 0.301 e. The van der Waals surface area contributed by atoms with Crippen molar-refractivity contribution >= 4 is 11.8 Å². The van der Waals surface area contributed by atoms with Gasteiger partial charge in [-0.25, -0.2) is 4.98 Å². The fourth-order valence-electron chi connectivity index (χ4n) is 3.20. The number of aromatic nitrogens is 2. The highest BCUT2D eigenvalue weighted by Crippen LogP contribution is 2.42. The Hall–Kier alpha value is -1.55. The van der Waals surface area contributed by atoms with Crippen LogP contribution in [0.25, 0.3) is 11.3 Å². The molecule has 0 radical (unpaired) electrons. The van der Waals surface area contributed by atoms with Crippen molar-refractivity contribution in [3.63, 3.8) is 0 Å². The average molecular weight is 314 g/mol. The zero-order valence-electron chi connectivity index (χ0n) is 13.6. The number of hydrogen-bond donors (Lipinski definition) is 1. The van der Waals surface area contributed by atoms with E-state index < -0.39 is 0 Å². The molecule has 1 heterocycles. The van der Waals surface area contributed by atoms with E-state index in [4.69, 9.17) is 4.98 Å². The minimum absolute atomic E-state index is 0.0204. The average Bonchev–Trinajstić information content (AvgIpc) is 2.46. The first kappa shape index (κ1) is 15.3. The van der Waals surface area contributed by atoms with Crippen molar-refractivity contribution in [1.82, 2.24) is 9.97 Å². The standard InChI is InChI=1S/C18H22N2OS/c1-5-18(4)10-12-8-6-7-9-13(12)15-14(18)16(21)20-17(19-15)22-11(2)3/h6-9,11H,5,10H2,1-4H3,(H,19,20,21)/t18-/m1/s1. The molecule has 22 heavy (non-hydrogen) atoms. The van der Waals surface area contributed by atoms with E-state index in [1.807, 2.05) is 6.07 Å². The van der Waals surface area contributed by atoms with Crippen molar-refractivity contribution in [3.05, 3.63) is 45.7 Å². The van der Waals surface area contributed by atoms with Crippen LogP contribution in [-0.2, 0) is 11.8 Å². The Bertz CT molecular complexity index is 766. The third kappa shape index (κ3) is 2.50. The molecule has 1 N–H and O–H groups in total. The van der Waals surface area contributed by atoms with Crippen LogP contribution in [0.5, 0.6) is 0 Å². The third-order valence-electron chi connectivity index (χ3n) is 4.48. The number of nitrogens with one attached hydrogen (secondary N) is 1. The molecular formula is C18H22N2OS. The van der Waals surface area contributed by atoms with E-state index in [0.717, 1.165) is 29.7 Å². The molecule has 0 unspecified atom stereocenters. The molecule has 0 saturated heterocycles. The Balaban J connectivity index is 2.28. The van der Waals surface area contributed by atoms with Gasteiger partial charge in [-0.05, 0) is 18.4 Å². The van der Waals surface area contributed by atoms with E-state index in [-0.39, 0.29) is 11.0 Å². The van der Waals surface area contributed by atoms with Gasteiger partial charge in [-0.15, -0.1) is 0 Å². The number of H-pyrrole nitrogens is 1. The van der Waals surface area contributed by atoms with Gasteiger partial charge in [0.05, 0.1) is 5.69 Å². The molecule has 1 aliphatic rings. The van der Waals surface area contributed by atoms with Gasteiger partial charge in [-0.1, -0.05) is 63.7 Å². The molecule has 0 aliphatic heterocycles. The molecule has 0 fully saturated rings. The lowest BCUT2D eigenvalue weighted by Crippen LogP contribution is -2.36. The monoisotopic (exact) mass is 314 g/mol. The molecule has 0 spiro atoms. The Labute approximate surface area is 135 Å². The molecule has 3 rings (SSSR count). The van der Waals surface area contributed by atoms with Crippen molar-refractivity contribution in [3.8, 4) is 11.3 Å². The number of fused-ring (bicyclic) bond motifs is 3. The van der Waals surface area contributed by atoms with Crippen molar-refractivity contribution < 1.29 is 0 Å². The summed E-state index contributed by atoms with van der Waals surface area (Å²) in [5.74, 6) is 0. The zero-order valence-corrected chi connectivity index (χ0v) is 14.4. The van der Waals surface area contributed by atoms with Crippen LogP contribution >= 0.6 is 11.8 Å². The van der Waals surface area contributed by atoms with E-state index >= 15 is 0 Å². The Morgan fingerprint density at radius 2 is 2.09 bits per heavy atom. The van der Waals surface area contributed by atoms with Crippen molar-refractivity contribution in [2.75, 3.05) is 0 Å². The van der Waals surface area contributed by atoms with Crippen LogP contribution in [0.4, 0.5) is 0 Å². The van der Waals surface area contributed by atoms with Crippen molar-refractivity contribution in [2.24, 2.45) is 0 Å². The van der Waals surface area contributed by atoms with Gasteiger partial charge in [0.25, 0.3) is 5.56 Å². The van der Waals surface area contributed by atoms with Gasteiger partial charge < -0.3 is 4.98 Å². The number of thioether (sulfide) groups is 1. The molecule has 1 aromatic heterocycles. The zero-order chi connectivity index (χ0) is 15.9. The highest BCUT2D eigenvalue weighted by atomic mass is 32.2. The van der Waals surface area contributed by atoms with Crippen LogP contribution in [0, 0.1) is 0 Å². The van der Waals surface area contributed by atoms with Crippen LogP contribution in [0.3, 0.4) is 0 Å². The summed E-state index contributed by atoms with van der Waals surface area (Å²) in [7, 11) is 0. The maximum absolute atomic E-state index is 12.7. The van der Waals surface area contributed by atoms with Gasteiger partial charge in [0.15, 0.2) is 5.16 Å². The molecule has 3 nitrogen and oxygen atoms in total. The highest BCUT2D eigenvalue weighted by Gasteiger charge is 2.37. The predicted octanol–water partition coefficient (Wildman–Crippen LogP) is 4.16. The maximum atomic E-state index is 12.7. The van der Waals surface area contributed by atoms with Gasteiger partial charge >= 0.3 is 0 Å². The molecule has 1 aliphatic carbocycles. The van der Waals surface area contributed by atoms with E-state index in [2.05, 4.69) is 50.9 Å². The normalized spacial score (nSPS) is 19.9. The summed E-state index contributed by atoms with van der Waals surface area (Å²) in [5, 5.41) is 1.10. The molecule has 0 saturated carbocycles. The van der Waals surface area contributed by atoms with Crippen LogP contribution in [0.1, 0.15) is 45.2 Å². The predicted molar refractivity (Wildman–Crippen MR) is 92.6 cm³/mol. The van der Waals surface area contributed by atoms with Gasteiger partial charge in [0.2, 0.25) is 0 Å². The summed E-state index contributed by atoms with van der Waals surface area (Å²) in [6, 6.07) is 8.33. The number of benzene rings is 1. The summed E-state index contributed by atoms with van der Waals surface area (Å²) in [6.45, 7) is 8.53. The summed E-state index contributed by atoms with van der Waals surface area (Å²) >= 11 is 1.60. The first-order valence-electron chi connectivity index (χ1n) is 7.84. The SMILES string of the molecule is CC[C@]1(C)Cc2ccccc2-c2nc(SC(C)C)[nH]c(=O)c21. The first-order valence-corrected chi connectivity index (χ1v) is 8.72. The molecule has 0 amide bonds. The maximum Gasteiger partial charge on any atom is 0.255 e. The number of nitrogens with zero attached hydrogens (tertiary/aromatic N) is 1. The fraction of sp³-hybridized carbons (Fsp3) is 0.444. The summed E-state index contributed by atoms with van der Waals surface area (Å²) < 4.78 is 0. The fourth-order valence-corrected chi connectivity index (χ4v) is 3.94. The van der Waals surface area contributed by atoms with Crippen molar-refractivity contribution in [1.29, 1.82) is 0 Å². The van der Waals surface area contributed by atoms with Gasteiger partial charge in [-0.2, -0.15) is 0 Å². The first-order chi connectivity index (χ1) is 10.4. The lowest BCUT2D eigenvalue weighted by molar-refractivity contribution is 0.438. The van der Waals surface area contributed by atoms with Crippen LogP contribution < -0.4 is 5.56 Å². The number of aromatic amines is 1. The van der Waals surface area contributed by atoms with Crippen LogP contribution in [0.15, 0.2) is 34.2 Å². The van der Waals surface area contributed by atoms with E-state index in [1.54, 1.807) is 11.8 Å². The smallest absolute Gasteiger partial charge is 0.255 e. The Morgan fingerprint density at radius 3 is 2.77 bits per heavy atom. The van der Waals surface area contributed by atoms with Crippen molar-refractivity contribution in [2.45, 2.75) is 56.4 Å². The summed E-state index contributed by atoms with van der Waals surface area (Å²) in [5.41, 5.74) is 4.00. The third-order valence-corrected chi connectivity index (χ3v) is 5.37. The Morgan fingerprint density at radius 1 is 1.36 bits per heavy atom. The van der Waals surface area contributed by atoms with E-state index in [9.17, 15) is 4.79 Å². The second-order valence-electron chi connectivity index (χ2n) is 6.51. The molecular weight excluding hydrogens is 292 g/mol. The van der Waals surface area contributed by atoms with Gasteiger partial charge in [-0.3, -0.25) is 4.79 Å². The molecule has 116 valence electrons. The van der Waals surface area contributed by atoms with Gasteiger partial charge in [0.1, 0.15) is 0 Å². The molecule has 4 heteroatoms. The molecule has 2 aromatic rings. The topological polar surface area (TPSA) is 45.8 Å². The lowest BCUT2D eigenvalue weighted by Gasteiger charge is -2.35. The summed E-state index contributed by atoms with van der Waals surface area (Å²) in [4.78, 5) is 20.5. The highest BCUT2D eigenvalue weighted by molar-refractivity contribution is 7.99. The van der Waals surface area contributed by atoms with Gasteiger partial charge in [0, 0.05) is 21.8 Å². The van der Waals surface area contributed by atoms with E-state index in [0.29, 0.717) is 10.4 Å². The second kappa shape index (κ2) is 5.58. The minimum Gasteiger partial charge on any atom is -0.301 e. The molecule has 1 atom stereocenters. The minimum atomic E-state index is -0.148. The second-order valence-corrected chi connectivity index (χ2v) is 8.07. The summed E-state index contributed by atoms with van der Waals surface area (Å²) in [6.07, 6.45) is 1.82. The van der Waals surface area contributed by atoms with E-state index in [1.165, 1.54) is 5.56 Å². The lowest BCUT2D eigenvalue weighted by atomic mass is 9.69. The number of hydrogen-bond acceptors (Lipinski definition) is 3. The number of rotatable bonds is 3. The van der Waals surface area contributed by atoms with Crippen LogP contribution in [0.2, 0.25) is 0 Å². The van der Waals surface area contributed by atoms with Crippen LogP contribution in [-0.4, -0.2) is 15.2 Å². The molecule has 0 bridgehead atoms. The quantitative estimate of drug-likeness (QED) is 0.683. The Kier molecular flexibility index (Phi) is 3.89.